The number of nitrogens with zero attached hydrogens (tertiary/aromatic N) is 3. The van der Waals surface area contributed by atoms with Gasteiger partial charge in [0.1, 0.15) is 5.75 Å². The van der Waals surface area contributed by atoms with E-state index in [0.717, 1.165) is 15.9 Å². The van der Waals surface area contributed by atoms with Crippen LogP contribution < -0.4 is 21.3 Å². The molecule has 1 amide bonds. The Morgan fingerprint density at radius 2 is 1.53 bits per heavy atom. The maximum Gasteiger partial charge on any atom is 0.339 e. The number of hydrogen-bond acceptors (Lipinski definition) is 7. The molecule has 0 aliphatic carbocycles. The predicted molar refractivity (Wildman–Crippen MR) is 166 cm³/mol. The van der Waals surface area contributed by atoms with Crippen LogP contribution in [0.15, 0.2) is 76.3 Å². The SMILES string of the molecule is COc1ccc(CNC(=O)c2ccc3c(c2)c(=O)n(Cc2ccc(C(=O)OC(C)(C(C)C)N(C)C)cc2)c(=O)n3C)cc1. The molecule has 0 spiro atoms. The van der Waals surface area contributed by atoms with Crippen LogP contribution in [0.4, 0.5) is 0 Å². The van der Waals surface area contributed by atoms with Crippen LogP contribution in [0.1, 0.15) is 52.6 Å². The number of aromatic nitrogens is 2. The second kappa shape index (κ2) is 12.7. The first-order valence-electron chi connectivity index (χ1n) is 14.0. The lowest BCUT2D eigenvalue weighted by atomic mass is 10.0. The lowest BCUT2D eigenvalue weighted by Gasteiger charge is -2.39. The average molecular weight is 587 g/mol. The number of benzene rings is 3. The summed E-state index contributed by atoms with van der Waals surface area (Å²) in [5.74, 6) is -0.0308. The Balaban J connectivity index is 1.56. The minimum absolute atomic E-state index is 0.00786. The Labute approximate surface area is 250 Å². The molecular formula is C33H38N4O6. The van der Waals surface area contributed by atoms with E-state index in [1.165, 1.54) is 10.6 Å². The Morgan fingerprint density at radius 3 is 2.12 bits per heavy atom. The van der Waals surface area contributed by atoms with Crippen molar-refractivity contribution in [3.05, 3.63) is 110 Å². The first-order chi connectivity index (χ1) is 20.3. The topological polar surface area (TPSA) is 112 Å². The number of carbonyl (C=O) groups excluding carboxylic acids is 2. The van der Waals surface area contributed by atoms with Gasteiger partial charge in [0.2, 0.25) is 0 Å². The third-order valence-corrected chi connectivity index (χ3v) is 8.01. The number of aryl methyl sites for hydroxylation is 1. The van der Waals surface area contributed by atoms with Crippen LogP contribution in [0, 0.1) is 5.92 Å². The van der Waals surface area contributed by atoms with E-state index in [9.17, 15) is 19.2 Å². The van der Waals surface area contributed by atoms with Crippen molar-refractivity contribution in [2.45, 2.75) is 39.6 Å². The molecule has 4 rings (SSSR count). The van der Waals surface area contributed by atoms with Crippen molar-refractivity contribution in [3.63, 3.8) is 0 Å². The Hall–Kier alpha value is -4.70. The molecule has 10 heteroatoms. The fourth-order valence-electron chi connectivity index (χ4n) is 4.73. The van der Waals surface area contributed by atoms with Gasteiger partial charge in [-0.25, -0.2) is 9.59 Å². The molecule has 10 nitrogen and oxygen atoms in total. The standard InChI is InChI=1S/C33H38N4O6/c1-21(2)33(3,35(4)5)43-31(40)24-12-8-23(9-13-24)20-37-30(39)27-18-25(14-17-28(27)36(6)32(37)41)29(38)34-19-22-10-15-26(42-7)16-11-22/h8-18,21H,19-20H2,1-7H3,(H,34,38). The highest BCUT2D eigenvalue weighted by Crippen LogP contribution is 2.25. The maximum atomic E-state index is 13.5. The van der Waals surface area contributed by atoms with Crippen LogP contribution in [0.2, 0.25) is 0 Å². The number of methoxy groups -OCH3 is 1. The van der Waals surface area contributed by atoms with E-state index < -0.39 is 22.9 Å². The molecule has 1 unspecified atom stereocenters. The molecule has 0 saturated heterocycles. The normalized spacial score (nSPS) is 12.8. The highest BCUT2D eigenvalue weighted by molar-refractivity contribution is 5.97. The molecule has 226 valence electrons. The Morgan fingerprint density at radius 1 is 0.930 bits per heavy atom. The second-order valence-electron chi connectivity index (χ2n) is 11.2. The van der Waals surface area contributed by atoms with Crippen molar-refractivity contribution < 1.29 is 19.1 Å². The Kier molecular flexibility index (Phi) is 9.20. The van der Waals surface area contributed by atoms with Gasteiger partial charge in [0, 0.05) is 25.1 Å². The monoisotopic (exact) mass is 586 g/mol. The smallest absolute Gasteiger partial charge is 0.339 e. The lowest BCUT2D eigenvalue weighted by molar-refractivity contribution is -0.115. The van der Waals surface area contributed by atoms with Crippen LogP contribution in [0.3, 0.4) is 0 Å². The lowest BCUT2D eigenvalue weighted by Crippen LogP contribution is -2.49. The minimum Gasteiger partial charge on any atom is -0.497 e. The van der Waals surface area contributed by atoms with Crippen LogP contribution >= 0.6 is 0 Å². The number of carbonyl (C=O) groups is 2. The first kappa shape index (κ1) is 31.2. The van der Waals surface area contributed by atoms with Crippen molar-refractivity contribution in [3.8, 4) is 5.75 Å². The molecule has 43 heavy (non-hydrogen) atoms. The summed E-state index contributed by atoms with van der Waals surface area (Å²) in [6.07, 6.45) is 0. The van der Waals surface area contributed by atoms with E-state index in [-0.39, 0.29) is 23.8 Å². The number of esters is 1. The molecule has 0 saturated carbocycles. The average Bonchev–Trinajstić information content (AvgIpc) is 3.00. The number of rotatable bonds is 10. The molecule has 4 aromatic rings. The summed E-state index contributed by atoms with van der Waals surface area (Å²) in [7, 11) is 6.88. The number of ether oxygens (including phenoxy) is 2. The summed E-state index contributed by atoms with van der Waals surface area (Å²) < 4.78 is 13.5. The summed E-state index contributed by atoms with van der Waals surface area (Å²) in [4.78, 5) is 54.3. The number of amides is 1. The quantitative estimate of drug-likeness (QED) is 0.222. The van der Waals surface area contributed by atoms with Crippen molar-refractivity contribution in [1.82, 2.24) is 19.4 Å². The summed E-state index contributed by atoms with van der Waals surface area (Å²) in [5.41, 5.74) is 0.852. The van der Waals surface area contributed by atoms with E-state index >= 15 is 0 Å². The fourth-order valence-corrected chi connectivity index (χ4v) is 4.73. The van der Waals surface area contributed by atoms with Gasteiger partial charge in [0.05, 0.1) is 30.1 Å². The molecule has 3 aromatic carbocycles. The summed E-state index contributed by atoms with van der Waals surface area (Å²) >= 11 is 0. The van der Waals surface area contributed by atoms with Gasteiger partial charge >= 0.3 is 11.7 Å². The van der Waals surface area contributed by atoms with Crippen molar-refractivity contribution in [2.24, 2.45) is 13.0 Å². The first-order valence-corrected chi connectivity index (χ1v) is 14.0. The van der Waals surface area contributed by atoms with E-state index in [1.54, 1.807) is 50.6 Å². The van der Waals surface area contributed by atoms with Crippen LogP contribution in [0.5, 0.6) is 5.75 Å². The fraction of sp³-hybridized carbons (Fsp3) is 0.333. The number of fused-ring (bicyclic) bond motifs is 1. The molecule has 0 aliphatic heterocycles. The zero-order valence-electron chi connectivity index (χ0n) is 25.6. The number of nitrogens with one attached hydrogen (secondary N) is 1. The Bertz CT molecular complexity index is 1740. The molecule has 0 aliphatic rings. The minimum atomic E-state index is -0.786. The van der Waals surface area contributed by atoms with Crippen LogP contribution in [-0.4, -0.2) is 52.8 Å². The van der Waals surface area contributed by atoms with E-state index in [0.29, 0.717) is 28.8 Å². The van der Waals surface area contributed by atoms with Gasteiger partial charge in [-0.3, -0.25) is 23.6 Å². The highest BCUT2D eigenvalue weighted by Gasteiger charge is 2.35. The van der Waals surface area contributed by atoms with Crippen molar-refractivity contribution in [1.29, 1.82) is 0 Å². The molecule has 1 N–H and O–H groups in total. The van der Waals surface area contributed by atoms with E-state index in [1.807, 2.05) is 64.0 Å². The zero-order valence-corrected chi connectivity index (χ0v) is 25.6. The predicted octanol–water partition coefficient (Wildman–Crippen LogP) is 3.78. The summed E-state index contributed by atoms with van der Waals surface area (Å²) in [5, 5.41) is 3.11. The van der Waals surface area contributed by atoms with Crippen LogP contribution in [-0.2, 0) is 24.9 Å². The highest BCUT2D eigenvalue weighted by atomic mass is 16.6. The van der Waals surface area contributed by atoms with Gasteiger partial charge in [-0.1, -0.05) is 38.1 Å². The van der Waals surface area contributed by atoms with Gasteiger partial charge in [-0.2, -0.15) is 0 Å². The number of hydrogen-bond donors (Lipinski definition) is 1. The molecule has 0 fully saturated rings. The van der Waals surface area contributed by atoms with E-state index in [4.69, 9.17) is 9.47 Å². The third-order valence-electron chi connectivity index (χ3n) is 8.01. The van der Waals surface area contributed by atoms with Gasteiger partial charge in [0.15, 0.2) is 5.72 Å². The summed E-state index contributed by atoms with van der Waals surface area (Å²) in [6, 6.07) is 18.7. The van der Waals surface area contributed by atoms with Gasteiger partial charge < -0.3 is 14.8 Å². The van der Waals surface area contributed by atoms with Gasteiger partial charge in [0.25, 0.3) is 11.5 Å². The van der Waals surface area contributed by atoms with Crippen molar-refractivity contribution in [2.75, 3.05) is 21.2 Å². The molecule has 1 heterocycles. The third kappa shape index (κ3) is 6.54. The van der Waals surface area contributed by atoms with E-state index in [2.05, 4.69) is 5.32 Å². The maximum absolute atomic E-state index is 13.5. The van der Waals surface area contributed by atoms with Gasteiger partial charge in [-0.05, 0) is 74.6 Å². The van der Waals surface area contributed by atoms with Crippen molar-refractivity contribution >= 4 is 22.8 Å². The van der Waals surface area contributed by atoms with Crippen LogP contribution in [0.25, 0.3) is 10.9 Å². The molecule has 0 bridgehead atoms. The molecule has 0 radical (unpaired) electrons. The molecule has 1 atom stereocenters. The molecular weight excluding hydrogens is 548 g/mol. The summed E-state index contributed by atoms with van der Waals surface area (Å²) in [6.45, 7) is 6.12. The largest absolute Gasteiger partial charge is 0.497 e. The zero-order chi connectivity index (χ0) is 31.5. The van der Waals surface area contributed by atoms with Gasteiger partial charge in [-0.15, -0.1) is 0 Å². The second-order valence-corrected chi connectivity index (χ2v) is 11.2. The molecule has 1 aromatic heterocycles.